The van der Waals surface area contributed by atoms with Gasteiger partial charge in [0.05, 0.1) is 13.2 Å². The number of carbonyl (C=O) groups is 3. The summed E-state index contributed by atoms with van der Waals surface area (Å²) in [7, 11) is 1.80. The number of anilines is 1. The molecule has 2 rings (SSSR count). The van der Waals surface area contributed by atoms with Crippen LogP contribution in [0.25, 0.3) is 0 Å². The molecule has 0 saturated carbocycles. The predicted molar refractivity (Wildman–Crippen MR) is 104 cm³/mol. The lowest BCUT2D eigenvalue weighted by Crippen LogP contribution is -2.30. The molecule has 0 radical (unpaired) electrons. The average Bonchev–Trinajstić information content (AvgIpc) is 2.93. The van der Waals surface area contributed by atoms with Crippen LogP contribution in [0.1, 0.15) is 44.5 Å². The molecule has 8 heteroatoms. The number of benzene rings is 1. The molecule has 0 saturated heterocycles. The standard InChI is InChI=1S/C20H25N3O5/c1-5-27-20(26)16-13(3)28-19(17(16)18(21)25)22-15(24)11-23(4)10-14-8-6-12(2)7-9-14/h6-9H,5,10-11H2,1-4H3,(H2,21,25)(H,22,24). The van der Waals surface area contributed by atoms with Gasteiger partial charge in [0.1, 0.15) is 16.9 Å². The van der Waals surface area contributed by atoms with Gasteiger partial charge in [-0.1, -0.05) is 29.8 Å². The van der Waals surface area contributed by atoms with Crippen molar-refractivity contribution in [1.82, 2.24) is 4.90 Å². The maximum Gasteiger partial charge on any atom is 0.342 e. The number of ether oxygens (including phenoxy) is 1. The van der Waals surface area contributed by atoms with Crippen LogP contribution >= 0.6 is 0 Å². The van der Waals surface area contributed by atoms with Gasteiger partial charge in [-0.25, -0.2) is 4.79 Å². The Bertz CT molecular complexity index is 871. The van der Waals surface area contributed by atoms with Crippen molar-refractivity contribution in [2.75, 3.05) is 25.5 Å². The van der Waals surface area contributed by atoms with Gasteiger partial charge in [-0.15, -0.1) is 0 Å². The fourth-order valence-electron chi connectivity index (χ4n) is 2.79. The lowest BCUT2D eigenvalue weighted by Gasteiger charge is -2.16. The third-order valence-corrected chi connectivity index (χ3v) is 4.05. The first-order valence-electron chi connectivity index (χ1n) is 8.87. The van der Waals surface area contributed by atoms with Crippen LogP contribution in [0.2, 0.25) is 0 Å². The summed E-state index contributed by atoms with van der Waals surface area (Å²) < 4.78 is 10.3. The number of nitrogens with one attached hydrogen (secondary N) is 1. The molecule has 0 aliphatic heterocycles. The molecule has 0 bridgehead atoms. The molecule has 0 fully saturated rings. The number of amides is 2. The molecule has 0 unspecified atom stereocenters. The molecule has 0 atom stereocenters. The number of primary amides is 1. The van der Waals surface area contributed by atoms with Crippen molar-refractivity contribution in [3.63, 3.8) is 0 Å². The zero-order chi connectivity index (χ0) is 20.8. The quantitative estimate of drug-likeness (QED) is 0.671. The Hall–Kier alpha value is -3.13. The van der Waals surface area contributed by atoms with Crippen LogP contribution in [0, 0.1) is 13.8 Å². The second-order valence-electron chi connectivity index (χ2n) is 6.53. The van der Waals surface area contributed by atoms with E-state index in [-0.39, 0.29) is 35.9 Å². The maximum absolute atomic E-state index is 12.4. The molecule has 28 heavy (non-hydrogen) atoms. The van der Waals surface area contributed by atoms with Crippen molar-refractivity contribution in [2.45, 2.75) is 27.3 Å². The topological polar surface area (TPSA) is 115 Å². The van der Waals surface area contributed by atoms with Gasteiger partial charge in [0.15, 0.2) is 0 Å². The number of nitrogens with zero attached hydrogens (tertiary/aromatic N) is 1. The Morgan fingerprint density at radius 2 is 1.79 bits per heavy atom. The Morgan fingerprint density at radius 3 is 2.36 bits per heavy atom. The van der Waals surface area contributed by atoms with Crippen LogP contribution in [0.3, 0.4) is 0 Å². The minimum atomic E-state index is -0.886. The molecule has 2 amide bonds. The van der Waals surface area contributed by atoms with Crippen LogP contribution in [0.5, 0.6) is 0 Å². The average molecular weight is 387 g/mol. The third kappa shape index (κ3) is 5.20. The maximum atomic E-state index is 12.4. The normalized spacial score (nSPS) is 10.8. The molecule has 1 aromatic carbocycles. The van der Waals surface area contributed by atoms with E-state index in [9.17, 15) is 14.4 Å². The van der Waals surface area contributed by atoms with Crippen molar-refractivity contribution in [1.29, 1.82) is 0 Å². The van der Waals surface area contributed by atoms with Gasteiger partial charge < -0.3 is 14.9 Å². The summed E-state index contributed by atoms with van der Waals surface area (Å²) in [6.07, 6.45) is 0. The van der Waals surface area contributed by atoms with Crippen LogP contribution in [-0.2, 0) is 16.1 Å². The van der Waals surface area contributed by atoms with Gasteiger partial charge in [0, 0.05) is 6.54 Å². The van der Waals surface area contributed by atoms with Crippen LogP contribution in [-0.4, -0.2) is 42.9 Å². The summed E-state index contributed by atoms with van der Waals surface area (Å²) in [6.45, 7) is 5.91. The number of furan rings is 1. The van der Waals surface area contributed by atoms with Gasteiger partial charge in [0.25, 0.3) is 5.91 Å². The van der Waals surface area contributed by atoms with Gasteiger partial charge in [0.2, 0.25) is 11.8 Å². The van der Waals surface area contributed by atoms with Gasteiger partial charge in [-0.2, -0.15) is 0 Å². The largest absolute Gasteiger partial charge is 0.462 e. The Morgan fingerprint density at radius 1 is 1.14 bits per heavy atom. The SMILES string of the molecule is CCOC(=O)c1c(C)oc(NC(=O)CN(C)Cc2ccc(C)cc2)c1C(N)=O. The summed E-state index contributed by atoms with van der Waals surface area (Å²) >= 11 is 0. The number of aryl methyl sites for hydroxylation is 2. The molecule has 0 aliphatic rings. The summed E-state index contributed by atoms with van der Waals surface area (Å²) in [5, 5.41) is 2.52. The molecular formula is C20H25N3O5. The van der Waals surface area contributed by atoms with E-state index in [1.165, 1.54) is 6.92 Å². The van der Waals surface area contributed by atoms with E-state index in [4.69, 9.17) is 14.9 Å². The lowest BCUT2D eigenvalue weighted by atomic mass is 10.1. The summed E-state index contributed by atoms with van der Waals surface area (Å²) in [6, 6.07) is 8.00. The van der Waals surface area contributed by atoms with Gasteiger partial charge in [-0.3, -0.25) is 19.8 Å². The molecule has 0 aliphatic carbocycles. The summed E-state index contributed by atoms with van der Waals surface area (Å²) in [5.74, 6) is -2.02. The zero-order valence-electron chi connectivity index (χ0n) is 16.5. The van der Waals surface area contributed by atoms with Crippen molar-refractivity contribution in [3.05, 3.63) is 52.3 Å². The molecule has 0 spiro atoms. The molecule has 1 heterocycles. The van der Waals surface area contributed by atoms with E-state index in [0.717, 1.165) is 11.1 Å². The van der Waals surface area contributed by atoms with Crippen LogP contribution in [0.4, 0.5) is 5.88 Å². The number of hydrogen-bond acceptors (Lipinski definition) is 6. The molecule has 3 N–H and O–H groups in total. The minimum Gasteiger partial charge on any atom is -0.462 e. The second-order valence-corrected chi connectivity index (χ2v) is 6.53. The number of likely N-dealkylation sites (N-methyl/N-ethyl adjacent to an activating group) is 1. The van der Waals surface area contributed by atoms with Crippen LogP contribution < -0.4 is 11.1 Å². The number of esters is 1. The summed E-state index contributed by atoms with van der Waals surface area (Å²) in [4.78, 5) is 38.1. The smallest absolute Gasteiger partial charge is 0.342 e. The molecule has 1 aromatic heterocycles. The van der Waals surface area contributed by atoms with E-state index in [1.54, 1.807) is 14.0 Å². The molecule has 2 aromatic rings. The first-order chi connectivity index (χ1) is 13.2. The number of nitrogens with two attached hydrogens (primary N) is 1. The van der Waals surface area contributed by atoms with Crippen molar-refractivity contribution in [2.24, 2.45) is 5.73 Å². The first-order valence-corrected chi connectivity index (χ1v) is 8.87. The predicted octanol–water partition coefficient (Wildman–Crippen LogP) is 2.24. The van der Waals surface area contributed by atoms with Crippen molar-refractivity contribution < 1.29 is 23.5 Å². The highest BCUT2D eigenvalue weighted by Crippen LogP contribution is 2.27. The van der Waals surface area contributed by atoms with Crippen LogP contribution in [0.15, 0.2) is 28.7 Å². The van der Waals surface area contributed by atoms with E-state index < -0.39 is 17.8 Å². The Balaban J connectivity index is 2.10. The first kappa shape index (κ1) is 21.2. The highest BCUT2D eigenvalue weighted by Gasteiger charge is 2.29. The zero-order valence-corrected chi connectivity index (χ0v) is 16.5. The van der Waals surface area contributed by atoms with Crippen molar-refractivity contribution >= 4 is 23.7 Å². The molecule has 8 nitrogen and oxygen atoms in total. The lowest BCUT2D eigenvalue weighted by molar-refractivity contribution is -0.117. The van der Waals surface area contributed by atoms with Gasteiger partial charge in [-0.05, 0) is 33.4 Å². The Labute approximate surface area is 163 Å². The molecular weight excluding hydrogens is 362 g/mol. The fourth-order valence-corrected chi connectivity index (χ4v) is 2.79. The number of carbonyl (C=O) groups excluding carboxylic acids is 3. The number of hydrogen-bond donors (Lipinski definition) is 2. The van der Waals surface area contributed by atoms with E-state index in [1.807, 2.05) is 36.1 Å². The minimum absolute atomic E-state index is 0.0561. The van der Waals surface area contributed by atoms with Crippen molar-refractivity contribution in [3.8, 4) is 0 Å². The van der Waals surface area contributed by atoms with E-state index in [2.05, 4.69) is 5.32 Å². The fraction of sp³-hybridized carbons (Fsp3) is 0.350. The highest BCUT2D eigenvalue weighted by atomic mass is 16.5. The monoisotopic (exact) mass is 387 g/mol. The molecule has 150 valence electrons. The summed E-state index contributed by atoms with van der Waals surface area (Å²) in [5.41, 5.74) is 7.35. The van der Waals surface area contributed by atoms with E-state index in [0.29, 0.717) is 6.54 Å². The number of rotatable bonds is 8. The van der Waals surface area contributed by atoms with Gasteiger partial charge >= 0.3 is 5.97 Å². The van der Waals surface area contributed by atoms with E-state index >= 15 is 0 Å². The third-order valence-electron chi connectivity index (χ3n) is 4.05. The highest BCUT2D eigenvalue weighted by molar-refractivity contribution is 6.10. The second kappa shape index (κ2) is 9.18. The Kier molecular flexibility index (Phi) is 6.94.